The molecule has 0 aliphatic carbocycles. The number of anilines is 1. The molecule has 3 aromatic rings. The van der Waals surface area contributed by atoms with Crippen molar-refractivity contribution >= 4 is 5.69 Å². The van der Waals surface area contributed by atoms with Crippen LogP contribution >= 0.6 is 0 Å². The number of aryl methyl sites for hydroxylation is 2. The van der Waals surface area contributed by atoms with Gasteiger partial charge in [0.1, 0.15) is 5.82 Å². The Labute approximate surface area is 116 Å². The average Bonchev–Trinajstić information content (AvgIpc) is 3.06. The molecule has 0 saturated carbocycles. The van der Waals surface area contributed by atoms with Gasteiger partial charge in [-0.2, -0.15) is 5.10 Å². The lowest BCUT2D eigenvalue weighted by molar-refractivity contribution is 0.683. The van der Waals surface area contributed by atoms with E-state index in [1.165, 1.54) is 0 Å². The van der Waals surface area contributed by atoms with Crippen LogP contribution < -0.4 is 5.32 Å². The number of aromatic amines is 1. The van der Waals surface area contributed by atoms with Gasteiger partial charge in [-0.05, 0) is 19.1 Å². The molecule has 3 rings (SSSR count). The van der Waals surface area contributed by atoms with E-state index >= 15 is 0 Å². The molecule has 20 heavy (non-hydrogen) atoms. The summed E-state index contributed by atoms with van der Waals surface area (Å²) in [5.41, 5.74) is 3.00. The maximum Gasteiger partial charge on any atom is 0.181 e. The van der Waals surface area contributed by atoms with Gasteiger partial charge in [-0.1, -0.05) is 17.3 Å². The van der Waals surface area contributed by atoms with Crippen molar-refractivity contribution in [1.29, 1.82) is 0 Å². The third kappa shape index (κ3) is 2.51. The second kappa shape index (κ2) is 5.12. The first-order chi connectivity index (χ1) is 9.72. The zero-order chi connectivity index (χ0) is 13.9. The van der Waals surface area contributed by atoms with Crippen LogP contribution in [0.15, 0.2) is 30.5 Å². The molecule has 0 aliphatic heterocycles. The van der Waals surface area contributed by atoms with Gasteiger partial charge in [-0.3, -0.25) is 9.78 Å². The number of H-pyrrole nitrogens is 1. The highest BCUT2D eigenvalue weighted by Gasteiger charge is 2.05. The van der Waals surface area contributed by atoms with E-state index < -0.39 is 0 Å². The molecular weight excluding hydrogens is 254 g/mol. The Balaban J connectivity index is 1.76. The SMILES string of the molecule is Cc1nc(-c2cccc(NCc3cnnn3C)c2)n[nH]1. The molecule has 0 spiro atoms. The second-order valence-electron chi connectivity index (χ2n) is 4.53. The van der Waals surface area contributed by atoms with Crippen molar-refractivity contribution in [2.24, 2.45) is 7.05 Å². The van der Waals surface area contributed by atoms with E-state index in [1.807, 2.05) is 38.2 Å². The van der Waals surface area contributed by atoms with Gasteiger partial charge in [0.05, 0.1) is 18.4 Å². The minimum atomic E-state index is 0.667. The lowest BCUT2D eigenvalue weighted by Gasteiger charge is -2.07. The first kappa shape index (κ1) is 12.3. The van der Waals surface area contributed by atoms with E-state index in [1.54, 1.807) is 10.9 Å². The molecular formula is C13H15N7. The summed E-state index contributed by atoms with van der Waals surface area (Å²) in [5, 5.41) is 18.1. The van der Waals surface area contributed by atoms with Crippen molar-refractivity contribution in [1.82, 2.24) is 30.2 Å². The van der Waals surface area contributed by atoms with Crippen LogP contribution in [-0.4, -0.2) is 30.2 Å². The maximum absolute atomic E-state index is 4.33. The van der Waals surface area contributed by atoms with Crippen LogP contribution in [0.3, 0.4) is 0 Å². The summed E-state index contributed by atoms with van der Waals surface area (Å²) in [6.07, 6.45) is 1.75. The van der Waals surface area contributed by atoms with Crippen LogP contribution in [0.5, 0.6) is 0 Å². The highest BCUT2D eigenvalue weighted by molar-refractivity contribution is 5.62. The van der Waals surface area contributed by atoms with E-state index in [4.69, 9.17) is 0 Å². The summed E-state index contributed by atoms with van der Waals surface area (Å²) in [7, 11) is 1.87. The molecule has 2 heterocycles. The third-order valence-electron chi connectivity index (χ3n) is 3.00. The number of nitrogens with one attached hydrogen (secondary N) is 2. The van der Waals surface area contributed by atoms with Gasteiger partial charge >= 0.3 is 0 Å². The predicted octanol–water partition coefficient (Wildman–Crippen LogP) is 1.52. The Bertz CT molecular complexity index is 713. The van der Waals surface area contributed by atoms with Crippen LogP contribution in [0.4, 0.5) is 5.69 Å². The zero-order valence-electron chi connectivity index (χ0n) is 11.3. The Morgan fingerprint density at radius 3 is 2.95 bits per heavy atom. The van der Waals surface area contributed by atoms with Gasteiger partial charge in [0.25, 0.3) is 0 Å². The highest BCUT2D eigenvalue weighted by atomic mass is 15.4. The van der Waals surface area contributed by atoms with Gasteiger partial charge in [-0.15, -0.1) is 5.10 Å². The van der Waals surface area contributed by atoms with Gasteiger partial charge < -0.3 is 5.32 Å². The van der Waals surface area contributed by atoms with Crippen LogP contribution in [-0.2, 0) is 13.6 Å². The van der Waals surface area contributed by atoms with Crippen LogP contribution in [0.25, 0.3) is 11.4 Å². The normalized spacial score (nSPS) is 10.7. The Kier molecular flexibility index (Phi) is 3.16. The quantitative estimate of drug-likeness (QED) is 0.750. The molecule has 2 N–H and O–H groups in total. The number of hydrogen-bond acceptors (Lipinski definition) is 5. The van der Waals surface area contributed by atoms with E-state index in [9.17, 15) is 0 Å². The minimum absolute atomic E-state index is 0.667. The summed E-state index contributed by atoms with van der Waals surface area (Å²) in [5.74, 6) is 1.51. The van der Waals surface area contributed by atoms with Crippen molar-refractivity contribution in [3.05, 3.63) is 42.0 Å². The standard InChI is InChI=1S/C13H15N7/c1-9-16-13(18-17-9)10-4-3-5-11(6-10)14-7-12-8-15-19-20(12)2/h3-6,8,14H,7H2,1-2H3,(H,16,17,18). The lowest BCUT2D eigenvalue weighted by atomic mass is 10.2. The molecule has 2 aromatic heterocycles. The molecule has 102 valence electrons. The van der Waals surface area contributed by atoms with Crippen LogP contribution in [0, 0.1) is 6.92 Å². The fraction of sp³-hybridized carbons (Fsp3) is 0.231. The van der Waals surface area contributed by atoms with Gasteiger partial charge in [0.15, 0.2) is 5.82 Å². The molecule has 0 unspecified atom stereocenters. The van der Waals surface area contributed by atoms with Crippen LogP contribution in [0.1, 0.15) is 11.5 Å². The monoisotopic (exact) mass is 269 g/mol. The van der Waals surface area contributed by atoms with E-state index in [0.717, 1.165) is 22.8 Å². The number of nitrogens with zero attached hydrogens (tertiary/aromatic N) is 5. The molecule has 7 nitrogen and oxygen atoms in total. The summed E-state index contributed by atoms with van der Waals surface area (Å²) in [4.78, 5) is 4.33. The van der Waals surface area contributed by atoms with Gasteiger partial charge in [0, 0.05) is 18.3 Å². The summed E-state index contributed by atoms with van der Waals surface area (Å²) < 4.78 is 1.75. The largest absolute Gasteiger partial charge is 0.379 e. The van der Waals surface area contributed by atoms with E-state index in [0.29, 0.717) is 12.4 Å². The molecule has 1 aromatic carbocycles. The fourth-order valence-corrected chi connectivity index (χ4v) is 1.90. The summed E-state index contributed by atoms with van der Waals surface area (Å²) in [6.45, 7) is 2.55. The zero-order valence-corrected chi connectivity index (χ0v) is 11.3. The third-order valence-corrected chi connectivity index (χ3v) is 3.00. The molecule has 0 saturated heterocycles. The Hall–Kier alpha value is -2.70. The molecule has 0 aliphatic rings. The van der Waals surface area contributed by atoms with Gasteiger partial charge in [-0.25, -0.2) is 4.98 Å². The topological polar surface area (TPSA) is 84.3 Å². The molecule has 0 atom stereocenters. The summed E-state index contributed by atoms with van der Waals surface area (Å²) in [6, 6.07) is 7.99. The number of hydrogen-bond donors (Lipinski definition) is 2. The number of benzene rings is 1. The smallest absolute Gasteiger partial charge is 0.181 e. The van der Waals surface area contributed by atoms with Gasteiger partial charge in [0.2, 0.25) is 0 Å². The van der Waals surface area contributed by atoms with E-state index in [2.05, 4.69) is 30.8 Å². The molecule has 0 bridgehead atoms. The Morgan fingerprint density at radius 2 is 2.25 bits per heavy atom. The predicted molar refractivity (Wildman–Crippen MR) is 74.9 cm³/mol. The molecule has 0 radical (unpaired) electrons. The van der Waals surface area contributed by atoms with Crippen LogP contribution in [0.2, 0.25) is 0 Å². The lowest BCUT2D eigenvalue weighted by Crippen LogP contribution is -2.05. The van der Waals surface area contributed by atoms with Crippen molar-refractivity contribution in [3.8, 4) is 11.4 Å². The molecule has 7 heteroatoms. The van der Waals surface area contributed by atoms with E-state index in [-0.39, 0.29) is 0 Å². The minimum Gasteiger partial charge on any atom is -0.379 e. The Morgan fingerprint density at radius 1 is 1.35 bits per heavy atom. The summed E-state index contributed by atoms with van der Waals surface area (Å²) >= 11 is 0. The van der Waals surface area contributed by atoms with Crippen molar-refractivity contribution in [2.45, 2.75) is 13.5 Å². The number of rotatable bonds is 4. The van der Waals surface area contributed by atoms with Crippen molar-refractivity contribution in [3.63, 3.8) is 0 Å². The first-order valence-electron chi connectivity index (χ1n) is 6.29. The second-order valence-corrected chi connectivity index (χ2v) is 4.53. The average molecular weight is 269 g/mol. The fourth-order valence-electron chi connectivity index (χ4n) is 1.90. The van der Waals surface area contributed by atoms with Crippen molar-refractivity contribution in [2.75, 3.05) is 5.32 Å². The maximum atomic E-state index is 4.33. The first-order valence-corrected chi connectivity index (χ1v) is 6.29. The molecule has 0 fully saturated rings. The highest BCUT2D eigenvalue weighted by Crippen LogP contribution is 2.19. The molecule has 0 amide bonds. The van der Waals surface area contributed by atoms with Crippen molar-refractivity contribution < 1.29 is 0 Å². The number of aromatic nitrogens is 6.